The quantitative estimate of drug-likeness (QED) is 0.586. The van der Waals surface area contributed by atoms with Gasteiger partial charge < -0.3 is 4.74 Å². The average Bonchev–Trinajstić information content (AvgIpc) is 2.88. The van der Waals surface area contributed by atoms with Gasteiger partial charge in [0.1, 0.15) is 5.56 Å². The van der Waals surface area contributed by atoms with Crippen LogP contribution >= 0.6 is 0 Å². The maximum atomic E-state index is 12.7. The summed E-state index contributed by atoms with van der Waals surface area (Å²) >= 11 is 0. The second-order valence-corrected chi connectivity index (χ2v) is 8.24. The van der Waals surface area contributed by atoms with Crippen molar-refractivity contribution in [1.82, 2.24) is 9.78 Å². The number of aromatic nitrogens is 2. The smallest absolute Gasteiger partial charge is 0.342 e. The predicted octanol–water partition coefficient (Wildman–Crippen LogP) is 4.53. The van der Waals surface area contributed by atoms with Gasteiger partial charge in [0.05, 0.1) is 16.9 Å². The molecule has 0 radical (unpaired) electrons. The van der Waals surface area contributed by atoms with Gasteiger partial charge in [-0.25, -0.2) is 4.79 Å². The summed E-state index contributed by atoms with van der Waals surface area (Å²) in [6.07, 6.45) is 0. The van der Waals surface area contributed by atoms with Crippen molar-refractivity contribution in [3.8, 4) is 0 Å². The highest BCUT2D eigenvalue weighted by Crippen LogP contribution is 2.23. The van der Waals surface area contributed by atoms with Crippen molar-refractivity contribution in [3.63, 3.8) is 0 Å². The minimum absolute atomic E-state index is 0.189. The number of ether oxygens (including phenoxy) is 1. The Balaban J connectivity index is 2.22. The summed E-state index contributed by atoms with van der Waals surface area (Å²) in [4.78, 5) is 25.3. The van der Waals surface area contributed by atoms with Crippen LogP contribution in [0.25, 0.3) is 0 Å². The van der Waals surface area contributed by atoms with Crippen LogP contribution in [0.3, 0.4) is 0 Å². The Morgan fingerprint density at radius 2 is 1.59 bits per heavy atom. The van der Waals surface area contributed by atoms with Gasteiger partial charge in [-0.15, -0.1) is 0 Å². The van der Waals surface area contributed by atoms with Gasteiger partial charge in [0.15, 0.2) is 6.61 Å². The third-order valence-electron chi connectivity index (χ3n) is 5.25. The molecule has 1 heterocycles. The van der Waals surface area contributed by atoms with Crippen molar-refractivity contribution < 1.29 is 14.3 Å². The standard InChI is InChI=1S/C22H30N2O3/c1-12-10-18(15(4)14(3)13(12)2)19(25)11-27-21(26)20-16(5)23-24(17(20)6)22(7,8)9/h10H,11H2,1-9H3. The molecular formula is C22H30N2O3. The molecule has 1 aromatic carbocycles. The van der Waals surface area contributed by atoms with Gasteiger partial charge in [0, 0.05) is 5.56 Å². The van der Waals surface area contributed by atoms with Crippen molar-refractivity contribution in [1.29, 1.82) is 0 Å². The molecule has 0 fully saturated rings. The first-order valence-electron chi connectivity index (χ1n) is 9.20. The first kappa shape index (κ1) is 20.9. The zero-order valence-electron chi connectivity index (χ0n) is 17.9. The molecule has 0 amide bonds. The van der Waals surface area contributed by atoms with Gasteiger partial charge >= 0.3 is 5.97 Å². The fraction of sp³-hybridized carbons (Fsp3) is 0.500. The Morgan fingerprint density at radius 1 is 1.00 bits per heavy atom. The van der Waals surface area contributed by atoms with Crippen molar-refractivity contribution in [3.05, 3.63) is 50.8 Å². The summed E-state index contributed by atoms with van der Waals surface area (Å²) in [5.41, 5.74) is 6.45. The molecule has 0 atom stereocenters. The van der Waals surface area contributed by atoms with E-state index in [9.17, 15) is 9.59 Å². The topological polar surface area (TPSA) is 61.2 Å². The van der Waals surface area contributed by atoms with Crippen molar-refractivity contribution in [2.24, 2.45) is 0 Å². The monoisotopic (exact) mass is 370 g/mol. The van der Waals surface area contributed by atoms with E-state index < -0.39 is 5.97 Å². The second kappa shape index (κ2) is 7.29. The van der Waals surface area contributed by atoms with E-state index in [0.717, 1.165) is 22.4 Å². The van der Waals surface area contributed by atoms with Crippen LogP contribution in [0.15, 0.2) is 6.07 Å². The molecule has 2 aromatic rings. The lowest BCUT2D eigenvalue weighted by Gasteiger charge is -2.21. The van der Waals surface area contributed by atoms with Gasteiger partial charge in [-0.05, 0) is 90.6 Å². The minimum Gasteiger partial charge on any atom is -0.454 e. The number of ketones is 1. The summed E-state index contributed by atoms with van der Waals surface area (Å²) in [6.45, 7) is 17.4. The summed E-state index contributed by atoms with van der Waals surface area (Å²) in [7, 11) is 0. The van der Waals surface area contributed by atoms with Crippen LogP contribution in [0.4, 0.5) is 0 Å². The number of Topliss-reactive ketones (excluding diaryl/α,β-unsaturated/α-hetero) is 1. The lowest BCUT2D eigenvalue weighted by Crippen LogP contribution is -2.25. The number of hydrogen-bond donors (Lipinski definition) is 0. The van der Waals surface area contributed by atoms with Crippen LogP contribution in [0.5, 0.6) is 0 Å². The van der Waals surface area contributed by atoms with Gasteiger partial charge in [0.2, 0.25) is 5.78 Å². The lowest BCUT2D eigenvalue weighted by atomic mass is 9.93. The Hall–Kier alpha value is -2.43. The zero-order valence-corrected chi connectivity index (χ0v) is 17.9. The number of rotatable bonds is 4. The molecule has 0 saturated carbocycles. The van der Waals surface area contributed by atoms with Crippen LogP contribution in [0.2, 0.25) is 0 Å². The molecule has 0 aliphatic rings. The maximum Gasteiger partial charge on any atom is 0.342 e. The van der Waals surface area contributed by atoms with Gasteiger partial charge in [0.25, 0.3) is 0 Å². The molecule has 146 valence electrons. The molecule has 0 aliphatic carbocycles. The van der Waals surface area contributed by atoms with Gasteiger partial charge in [-0.1, -0.05) is 0 Å². The van der Waals surface area contributed by atoms with E-state index in [1.54, 1.807) is 6.92 Å². The van der Waals surface area contributed by atoms with Crippen LogP contribution in [-0.2, 0) is 10.3 Å². The summed E-state index contributed by atoms with van der Waals surface area (Å²) < 4.78 is 7.17. The highest BCUT2D eigenvalue weighted by Gasteiger charge is 2.26. The van der Waals surface area contributed by atoms with Crippen molar-refractivity contribution in [2.75, 3.05) is 6.61 Å². The Kier molecular flexibility index (Phi) is 5.64. The van der Waals surface area contributed by atoms with Crippen molar-refractivity contribution in [2.45, 2.75) is 67.9 Å². The van der Waals surface area contributed by atoms with Gasteiger partial charge in [-0.3, -0.25) is 9.48 Å². The third kappa shape index (κ3) is 3.97. The Bertz CT molecular complexity index is 915. The van der Waals surface area contributed by atoms with Crippen LogP contribution in [0.1, 0.15) is 75.1 Å². The molecule has 0 N–H and O–H groups in total. The molecule has 0 aliphatic heterocycles. The summed E-state index contributed by atoms with van der Waals surface area (Å²) in [5.74, 6) is -0.697. The van der Waals surface area contributed by atoms with E-state index in [-0.39, 0.29) is 17.9 Å². The van der Waals surface area contributed by atoms with E-state index in [1.807, 2.05) is 66.1 Å². The van der Waals surface area contributed by atoms with Crippen LogP contribution in [-0.4, -0.2) is 28.1 Å². The molecule has 0 spiro atoms. The molecule has 2 rings (SSSR count). The summed E-state index contributed by atoms with van der Waals surface area (Å²) in [6, 6.07) is 1.88. The minimum atomic E-state index is -0.507. The van der Waals surface area contributed by atoms with E-state index >= 15 is 0 Å². The lowest BCUT2D eigenvalue weighted by molar-refractivity contribution is 0.0472. The highest BCUT2D eigenvalue weighted by molar-refractivity contribution is 6.01. The summed E-state index contributed by atoms with van der Waals surface area (Å²) in [5, 5.41) is 4.47. The zero-order chi connectivity index (χ0) is 20.7. The number of nitrogens with zero attached hydrogens (tertiary/aromatic N) is 2. The molecule has 5 heteroatoms. The van der Waals surface area contributed by atoms with Crippen molar-refractivity contribution >= 4 is 11.8 Å². The van der Waals surface area contributed by atoms with Crippen LogP contribution in [0, 0.1) is 41.5 Å². The molecule has 1 aromatic heterocycles. The number of carbonyl (C=O) groups excluding carboxylic acids is 2. The third-order valence-corrected chi connectivity index (χ3v) is 5.25. The van der Waals surface area contributed by atoms with E-state index in [4.69, 9.17) is 4.74 Å². The molecule has 5 nitrogen and oxygen atoms in total. The first-order chi connectivity index (χ1) is 12.4. The normalized spacial score (nSPS) is 11.6. The molecule has 0 saturated heterocycles. The predicted molar refractivity (Wildman–Crippen MR) is 107 cm³/mol. The van der Waals surface area contributed by atoms with E-state index in [0.29, 0.717) is 16.8 Å². The SMILES string of the molecule is Cc1cc(C(=O)COC(=O)c2c(C)nn(C(C)(C)C)c2C)c(C)c(C)c1C. The number of carbonyl (C=O) groups is 2. The van der Waals surface area contributed by atoms with E-state index in [2.05, 4.69) is 5.10 Å². The van der Waals surface area contributed by atoms with Gasteiger partial charge in [-0.2, -0.15) is 5.10 Å². The first-order valence-corrected chi connectivity index (χ1v) is 9.20. The largest absolute Gasteiger partial charge is 0.454 e. The number of esters is 1. The highest BCUT2D eigenvalue weighted by atomic mass is 16.5. The average molecular weight is 370 g/mol. The fourth-order valence-corrected chi connectivity index (χ4v) is 3.37. The van der Waals surface area contributed by atoms with E-state index in [1.165, 1.54) is 5.56 Å². The number of aryl methyl sites for hydroxylation is 2. The Morgan fingerprint density at radius 3 is 2.11 bits per heavy atom. The maximum absolute atomic E-state index is 12.7. The molecule has 0 bridgehead atoms. The van der Waals surface area contributed by atoms with Crippen LogP contribution < -0.4 is 0 Å². The Labute approximate surface area is 161 Å². The molecule has 27 heavy (non-hydrogen) atoms. The second-order valence-electron chi connectivity index (χ2n) is 8.24. The number of benzene rings is 1. The molecular weight excluding hydrogens is 340 g/mol. The fourth-order valence-electron chi connectivity index (χ4n) is 3.37. The number of hydrogen-bond acceptors (Lipinski definition) is 4. The molecule has 0 unspecified atom stereocenters.